The van der Waals surface area contributed by atoms with Gasteiger partial charge in [-0.15, -0.1) is 24.0 Å². The highest BCUT2D eigenvalue weighted by molar-refractivity contribution is 14.0. The van der Waals surface area contributed by atoms with Crippen LogP contribution in [0.25, 0.3) is 0 Å². The van der Waals surface area contributed by atoms with Crippen LogP contribution in [-0.4, -0.2) is 22.1 Å². The number of rotatable bonds is 7. The third-order valence-electron chi connectivity index (χ3n) is 3.50. The van der Waals surface area contributed by atoms with Gasteiger partial charge in [0.25, 0.3) is 0 Å². The molecule has 3 rings (SSSR count). The normalized spacial score (nSPS) is 10.8. The van der Waals surface area contributed by atoms with Crippen LogP contribution in [0.2, 0.25) is 0 Å². The number of imidazole rings is 1. The molecule has 0 atom stereocenters. The van der Waals surface area contributed by atoms with Crippen LogP contribution in [0.15, 0.2) is 78.3 Å². The zero-order chi connectivity index (χ0) is 17.3. The standard InChI is InChI=1S/C19H21N5O.HI/c20-19(22-10-5-12-24-13-11-21-15-24)23-16-6-4-9-18(14-16)25-17-7-2-1-3-8-17;/h1-4,6-9,11,13-15H,5,10,12H2,(H3,20,22,23);1H. The number of guanidine groups is 1. The summed E-state index contributed by atoms with van der Waals surface area (Å²) in [4.78, 5) is 8.35. The van der Waals surface area contributed by atoms with Crippen LogP contribution in [0.3, 0.4) is 0 Å². The lowest BCUT2D eigenvalue weighted by molar-refractivity contribution is 0.483. The number of aliphatic imine (C=N–C) groups is 1. The molecule has 2 aromatic carbocycles. The fraction of sp³-hybridized carbons (Fsp3) is 0.158. The molecule has 0 aliphatic carbocycles. The van der Waals surface area contributed by atoms with Crippen molar-refractivity contribution in [3.8, 4) is 11.5 Å². The van der Waals surface area contributed by atoms with Crippen molar-refractivity contribution in [3.63, 3.8) is 0 Å². The number of hydrogen-bond donors (Lipinski definition) is 2. The number of anilines is 1. The summed E-state index contributed by atoms with van der Waals surface area (Å²) in [6.45, 7) is 1.52. The number of aromatic nitrogens is 2. The van der Waals surface area contributed by atoms with Gasteiger partial charge >= 0.3 is 0 Å². The first kappa shape index (κ1) is 19.8. The molecule has 0 saturated carbocycles. The third kappa shape index (κ3) is 6.40. The molecule has 0 amide bonds. The summed E-state index contributed by atoms with van der Waals surface area (Å²) in [5, 5.41) is 3.09. The highest BCUT2D eigenvalue weighted by atomic mass is 127. The van der Waals surface area contributed by atoms with Crippen LogP contribution in [-0.2, 0) is 6.54 Å². The van der Waals surface area contributed by atoms with Gasteiger partial charge in [-0.2, -0.15) is 0 Å². The van der Waals surface area contributed by atoms with Crippen LogP contribution in [0.4, 0.5) is 5.69 Å². The van der Waals surface area contributed by atoms with Gasteiger partial charge in [-0.3, -0.25) is 4.99 Å². The minimum absolute atomic E-state index is 0. The van der Waals surface area contributed by atoms with E-state index in [4.69, 9.17) is 10.5 Å². The van der Waals surface area contributed by atoms with Crippen molar-refractivity contribution in [2.24, 2.45) is 10.7 Å². The Hall–Kier alpha value is -2.55. The molecule has 0 radical (unpaired) electrons. The van der Waals surface area contributed by atoms with Crippen LogP contribution in [0.1, 0.15) is 6.42 Å². The second-order valence-electron chi connectivity index (χ2n) is 5.49. The van der Waals surface area contributed by atoms with E-state index in [-0.39, 0.29) is 24.0 Å². The Morgan fingerprint density at radius 2 is 1.92 bits per heavy atom. The Bertz CT molecular complexity index is 806. The lowest BCUT2D eigenvalue weighted by Gasteiger charge is -2.09. The van der Waals surface area contributed by atoms with Gasteiger partial charge in [-0.05, 0) is 30.7 Å². The average Bonchev–Trinajstić information content (AvgIpc) is 3.13. The van der Waals surface area contributed by atoms with Crippen molar-refractivity contribution in [2.45, 2.75) is 13.0 Å². The van der Waals surface area contributed by atoms with Gasteiger partial charge < -0.3 is 20.4 Å². The molecule has 1 aromatic heterocycles. The molecule has 0 fully saturated rings. The van der Waals surface area contributed by atoms with Crippen molar-refractivity contribution >= 4 is 35.6 Å². The fourth-order valence-corrected chi connectivity index (χ4v) is 2.32. The van der Waals surface area contributed by atoms with Gasteiger partial charge in [-0.25, -0.2) is 4.98 Å². The zero-order valence-electron chi connectivity index (χ0n) is 14.3. The molecule has 136 valence electrons. The number of para-hydroxylation sites is 1. The molecule has 0 aliphatic rings. The molecule has 0 unspecified atom stereocenters. The van der Waals surface area contributed by atoms with E-state index in [9.17, 15) is 0 Å². The van der Waals surface area contributed by atoms with E-state index >= 15 is 0 Å². The van der Waals surface area contributed by atoms with Crippen molar-refractivity contribution in [2.75, 3.05) is 11.9 Å². The average molecular weight is 463 g/mol. The SMILES string of the molecule is I.NC(=NCCCn1ccnc1)Nc1cccc(Oc2ccccc2)c1. The molecule has 0 bridgehead atoms. The van der Waals surface area contributed by atoms with Crippen molar-refractivity contribution in [3.05, 3.63) is 73.3 Å². The highest BCUT2D eigenvalue weighted by Gasteiger charge is 2.00. The second kappa shape index (κ2) is 10.4. The van der Waals surface area contributed by atoms with Gasteiger partial charge in [0.05, 0.1) is 6.33 Å². The predicted molar refractivity (Wildman–Crippen MR) is 115 cm³/mol. The molecule has 1 heterocycles. The zero-order valence-corrected chi connectivity index (χ0v) is 16.6. The summed E-state index contributed by atoms with van der Waals surface area (Å²) in [7, 11) is 0. The fourth-order valence-electron chi connectivity index (χ4n) is 2.32. The first-order valence-electron chi connectivity index (χ1n) is 8.15. The molecule has 0 aliphatic heterocycles. The van der Waals surface area contributed by atoms with E-state index < -0.39 is 0 Å². The monoisotopic (exact) mass is 463 g/mol. The molecule has 3 aromatic rings. The van der Waals surface area contributed by atoms with Gasteiger partial charge in [0.2, 0.25) is 0 Å². The largest absolute Gasteiger partial charge is 0.457 e. The number of nitrogens with one attached hydrogen (secondary N) is 1. The predicted octanol–water partition coefficient (Wildman–Crippen LogP) is 4.11. The van der Waals surface area contributed by atoms with Gasteiger partial charge in [0, 0.05) is 37.2 Å². The quantitative estimate of drug-likeness (QED) is 0.239. The maximum absolute atomic E-state index is 5.95. The molecule has 3 N–H and O–H groups in total. The van der Waals surface area contributed by atoms with E-state index in [1.54, 1.807) is 12.5 Å². The van der Waals surface area contributed by atoms with Crippen LogP contribution < -0.4 is 15.8 Å². The topological polar surface area (TPSA) is 77.5 Å². The maximum Gasteiger partial charge on any atom is 0.193 e. The number of benzene rings is 2. The summed E-state index contributed by atoms with van der Waals surface area (Å²) in [6, 6.07) is 17.3. The van der Waals surface area contributed by atoms with E-state index in [0.29, 0.717) is 12.5 Å². The maximum atomic E-state index is 5.95. The van der Waals surface area contributed by atoms with Crippen LogP contribution in [0, 0.1) is 0 Å². The van der Waals surface area contributed by atoms with E-state index in [2.05, 4.69) is 15.3 Å². The lowest BCUT2D eigenvalue weighted by Crippen LogP contribution is -2.23. The Labute approximate surface area is 170 Å². The number of ether oxygens (including phenoxy) is 1. The van der Waals surface area contributed by atoms with Crippen LogP contribution >= 0.6 is 24.0 Å². The molecule has 26 heavy (non-hydrogen) atoms. The number of aryl methyl sites for hydroxylation is 1. The summed E-state index contributed by atoms with van der Waals surface area (Å²) in [5.74, 6) is 1.92. The Balaban J connectivity index is 0.00000243. The molecule has 0 spiro atoms. The smallest absolute Gasteiger partial charge is 0.193 e. The minimum Gasteiger partial charge on any atom is -0.457 e. The Morgan fingerprint density at radius 1 is 1.12 bits per heavy atom. The Kier molecular flexibility index (Phi) is 7.94. The summed E-state index contributed by atoms with van der Waals surface area (Å²) in [6.07, 6.45) is 6.40. The van der Waals surface area contributed by atoms with Gasteiger partial charge in [-0.1, -0.05) is 24.3 Å². The van der Waals surface area contributed by atoms with E-state index in [0.717, 1.165) is 30.2 Å². The third-order valence-corrected chi connectivity index (χ3v) is 3.50. The van der Waals surface area contributed by atoms with Gasteiger partial charge in [0.15, 0.2) is 5.96 Å². The second-order valence-corrected chi connectivity index (χ2v) is 5.49. The van der Waals surface area contributed by atoms with Crippen molar-refractivity contribution < 1.29 is 4.74 Å². The first-order chi connectivity index (χ1) is 12.3. The number of nitrogens with two attached hydrogens (primary N) is 1. The summed E-state index contributed by atoms with van der Waals surface area (Å²) >= 11 is 0. The summed E-state index contributed by atoms with van der Waals surface area (Å²) < 4.78 is 7.83. The number of halogens is 1. The highest BCUT2D eigenvalue weighted by Crippen LogP contribution is 2.23. The Morgan fingerprint density at radius 3 is 2.69 bits per heavy atom. The minimum atomic E-state index is 0. The van der Waals surface area contributed by atoms with Gasteiger partial charge in [0.1, 0.15) is 11.5 Å². The van der Waals surface area contributed by atoms with Crippen LogP contribution in [0.5, 0.6) is 11.5 Å². The molecule has 0 saturated heterocycles. The van der Waals surface area contributed by atoms with E-state index in [1.165, 1.54) is 0 Å². The van der Waals surface area contributed by atoms with E-state index in [1.807, 2.05) is 65.4 Å². The molecular formula is C19H22IN5O. The first-order valence-corrected chi connectivity index (χ1v) is 8.15. The molecule has 6 nitrogen and oxygen atoms in total. The van der Waals surface area contributed by atoms with Crippen molar-refractivity contribution in [1.82, 2.24) is 9.55 Å². The summed E-state index contributed by atoms with van der Waals surface area (Å²) in [5.41, 5.74) is 6.78. The van der Waals surface area contributed by atoms with Crippen molar-refractivity contribution in [1.29, 1.82) is 0 Å². The molecular weight excluding hydrogens is 441 g/mol. The number of hydrogen-bond acceptors (Lipinski definition) is 3. The molecule has 7 heteroatoms. The number of nitrogens with zero attached hydrogens (tertiary/aromatic N) is 3. The lowest BCUT2D eigenvalue weighted by atomic mass is 10.3.